The smallest absolute Gasteiger partial charge is 0.341 e. The lowest BCUT2D eigenvalue weighted by Gasteiger charge is -2.09. The Bertz CT molecular complexity index is 1030. The van der Waals surface area contributed by atoms with E-state index in [0.717, 1.165) is 24.8 Å². The fourth-order valence-electron chi connectivity index (χ4n) is 3.34. The van der Waals surface area contributed by atoms with E-state index in [2.05, 4.69) is 5.32 Å². The Morgan fingerprint density at radius 3 is 2.79 bits per heavy atom. The standard InChI is InChI=1S/C21H18ClNO3S2/c1-2-26-21(25)18-14(13-7-3-4-8-15(13)22)11-27-20(18)23-19(24)17-10-12-6-5-9-16(12)28-17/h3-4,7-8,10-11H,2,5-6,9H2,1H3,(H,23,24). The second-order valence-corrected chi connectivity index (χ2v) is 8.84. The summed E-state index contributed by atoms with van der Waals surface area (Å²) >= 11 is 9.17. The van der Waals surface area contributed by atoms with Gasteiger partial charge in [-0.05, 0) is 43.9 Å². The number of benzene rings is 1. The minimum absolute atomic E-state index is 0.197. The average Bonchev–Trinajstić information content (AvgIpc) is 3.36. The number of ether oxygens (including phenoxy) is 1. The van der Waals surface area contributed by atoms with Crippen LogP contribution in [0.25, 0.3) is 11.1 Å². The van der Waals surface area contributed by atoms with E-state index < -0.39 is 5.97 Å². The van der Waals surface area contributed by atoms with Crippen molar-refractivity contribution >= 4 is 51.2 Å². The van der Waals surface area contributed by atoms with Crippen LogP contribution in [0.4, 0.5) is 5.00 Å². The SMILES string of the molecule is CCOC(=O)c1c(-c2ccccc2Cl)csc1NC(=O)c1cc2c(s1)CCC2. The van der Waals surface area contributed by atoms with Gasteiger partial charge < -0.3 is 10.1 Å². The first kappa shape index (κ1) is 19.2. The molecule has 0 atom stereocenters. The number of nitrogens with one attached hydrogen (secondary N) is 1. The predicted octanol–water partition coefficient (Wildman–Crippen LogP) is 6.05. The van der Waals surface area contributed by atoms with Gasteiger partial charge in [0.25, 0.3) is 5.91 Å². The van der Waals surface area contributed by atoms with E-state index in [4.69, 9.17) is 16.3 Å². The molecular formula is C21H18ClNO3S2. The van der Waals surface area contributed by atoms with Gasteiger partial charge in [0, 0.05) is 26.4 Å². The van der Waals surface area contributed by atoms with E-state index in [1.54, 1.807) is 13.0 Å². The summed E-state index contributed by atoms with van der Waals surface area (Å²) in [7, 11) is 0. The lowest BCUT2D eigenvalue weighted by Crippen LogP contribution is -2.14. The second kappa shape index (κ2) is 8.07. The Morgan fingerprint density at radius 1 is 1.21 bits per heavy atom. The molecule has 144 valence electrons. The monoisotopic (exact) mass is 431 g/mol. The number of halogens is 1. The van der Waals surface area contributed by atoms with E-state index in [0.29, 0.717) is 26.0 Å². The molecular weight excluding hydrogens is 414 g/mol. The number of carbonyl (C=O) groups excluding carboxylic acids is 2. The van der Waals surface area contributed by atoms with Crippen LogP contribution in [0.15, 0.2) is 35.7 Å². The van der Waals surface area contributed by atoms with Crippen LogP contribution in [-0.2, 0) is 17.6 Å². The number of thiophene rings is 2. The van der Waals surface area contributed by atoms with Crippen LogP contribution in [0.2, 0.25) is 5.02 Å². The van der Waals surface area contributed by atoms with E-state index in [9.17, 15) is 9.59 Å². The highest BCUT2D eigenvalue weighted by molar-refractivity contribution is 7.16. The Kier molecular flexibility index (Phi) is 5.53. The molecule has 28 heavy (non-hydrogen) atoms. The van der Waals surface area contributed by atoms with Crippen molar-refractivity contribution < 1.29 is 14.3 Å². The minimum atomic E-state index is -0.470. The molecule has 4 nitrogen and oxygen atoms in total. The Morgan fingerprint density at radius 2 is 2.04 bits per heavy atom. The first-order valence-corrected chi connectivity index (χ1v) is 11.1. The van der Waals surface area contributed by atoms with Gasteiger partial charge in [0.15, 0.2) is 0 Å². The van der Waals surface area contributed by atoms with Crippen LogP contribution in [0.5, 0.6) is 0 Å². The molecule has 1 aliphatic rings. The van der Waals surface area contributed by atoms with E-state index in [-0.39, 0.29) is 12.5 Å². The maximum Gasteiger partial charge on any atom is 0.341 e. The van der Waals surface area contributed by atoms with Crippen LogP contribution >= 0.6 is 34.3 Å². The van der Waals surface area contributed by atoms with Crippen molar-refractivity contribution in [2.24, 2.45) is 0 Å². The summed E-state index contributed by atoms with van der Waals surface area (Å²) in [6.07, 6.45) is 3.22. The molecule has 1 amide bonds. The van der Waals surface area contributed by atoms with E-state index >= 15 is 0 Å². The molecule has 1 aliphatic carbocycles. The molecule has 7 heteroatoms. The number of esters is 1. The molecule has 3 aromatic rings. The van der Waals surface area contributed by atoms with Gasteiger partial charge in [0.2, 0.25) is 0 Å². The summed E-state index contributed by atoms with van der Waals surface area (Å²) in [5.41, 5.74) is 3.01. The third-order valence-corrected chi connectivity index (χ3v) is 7.09. The fraction of sp³-hybridized carbons (Fsp3) is 0.238. The highest BCUT2D eigenvalue weighted by Gasteiger charge is 2.25. The normalized spacial score (nSPS) is 12.6. The first-order valence-electron chi connectivity index (χ1n) is 9.05. The average molecular weight is 432 g/mol. The van der Waals surface area contributed by atoms with Crippen LogP contribution in [0.3, 0.4) is 0 Å². The number of amides is 1. The van der Waals surface area contributed by atoms with Gasteiger partial charge >= 0.3 is 5.97 Å². The summed E-state index contributed by atoms with van der Waals surface area (Å²) < 4.78 is 5.24. The summed E-state index contributed by atoms with van der Waals surface area (Å²) in [5, 5.41) is 5.76. The fourth-order valence-corrected chi connectivity index (χ4v) is 5.67. The largest absolute Gasteiger partial charge is 0.462 e. The summed E-state index contributed by atoms with van der Waals surface area (Å²) in [6.45, 7) is 2.01. The molecule has 0 radical (unpaired) electrons. The minimum Gasteiger partial charge on any atom is -0.462 e. The predicted molar refractivity (Wildman–Crippen MR) is 115 cm³/mol. The van der Waals surface area contributed by atoms with E-state index in [1.165, 1.54) is 33.1 Å². The van der Waals surface area contributed by atoms with Gasteiger partial charge in [0.05, 0.1) is 11.5 Å². The first-order chi connectivity index (χ1) is 13.6. The van der Waals surface area contributed by atoms with Crippen LogP contribution in [-0.4, -0.2) is 18.5 Å². The van der Waals surface area contributed by atoms with Gasteiger partial charge in [-0.25, -0.2) is 4.79 Å². The lowest BCUT2D eigenvalue weighted by atomic mass is 10.0. The summed E-state index contributed by atoms with van der Waals surface area (Å²) in [5.74, 6) is -0.667. The number of anilines is 1. The highest BCUT2D eigenvalue weighted by atomic mass is 35.5. The molecule has 4 rings (SSSR count). The van der Waals surface area contributed by atoms with Gasteiger partial charge in [-0.2, -0.15) is 0 Å². The zero-order valence-electron chi connectivity index (χ0n) is 15.2. The molecule has 2 aromatic heterocycles. The van der Waals surface area contributed by atoms with Gasteiger partial charge in [-0.1, -0.05) is 29.8 Å². The summed E-state index contributed by atoms with van der Waals surface area (Å²) in [6, 6.07) is 9.28. The molecule has 1 N–H and O–H groups in total. The van der Waals surface area contributed by atoms with Gasteiger partial charge in [-0.15, -0.1) is 22.7 Å². The van der Waals surface area contributed by atoms with Crippen LogP contribution in [0, 0.1) is 0 Å². The van der Waals surface area contributed by atoms with Crippen molar-refractivity contribution in [3.63, 3.8) is 0 Å². The number of carbonyl (C=O) groups is 2. The number of hydrogen-bond acceptors (Lipinski definition) is 5. The third kappa shape index (κ3) is 3.60. The van der Waals surface area contributed by atoms with Crippen molar-refractivity contribution in [3.05, 3.63) is 61.6 Å². The van der Waals surface area contributed by atoms with Crippen molar-refractivity contribution in [2.75, 3.05) is 11.9 Å². The Hall–Kier alpha value is -2.15. The molecule has 0 unspecified atom stereocenters. The maximum absolute atomic E-state index is 12.8. The van der Waals surface area contributed by atoms with Crippen LogP contribution in [0.1, 0.15) is 43.8 Å². The van der Waals surface area contributed by atoms with Crippen molar-refractivity contribution in [3.8, 4) is 11.1 Å². The van der Waals surface area contributed by atoms with Crippen molar-refractivity contribution in [1.29, 1.82) is 0 Å². The molecule has 0 saturated heterocycles. The molecule has 1 aromatic carbocycles. The van der Waals surface area contributed by atoms with E-state index in [1.807, 2.05) is 29.6 Å². The third-order valence-electron chi connectivity index (χ3n) is 4.63. The highest BCUT2D eigenvalue weighted by Crippen LogP contribution is 2.39. The molecule has 0 saturated carbocycles. The molecule has 2 heterocycles. The number of aryl methyl sites for hydroxylation is 2. The van der Waals surface area contributed by atoms with Crippen molar-refractivity contribution in [1.82, 2.24) is 0 Å². The zero-order valence-corrected chi connectivity index (χ0v) is 17.6. The summed E-state index contributed by atoms with van der Waals surface area (Å²) in [4.78, 5) is 27.4. The number of fused-ring (bicyclic) bond motifs is 1. The lowest BCUT2D eigenvalue weighted by molar-refractivity contribution is 0.0529. The molecule has 0 aliphatic heterocycles. The van der Waals surface area contributed by atoms with Gasteiger partial charge in [-0.3, -0.25) is 4.79 Å². The molecule has 0 bridgehead atoms. The topological polar surface area (TPSA) is 55.4 Å². The number of rotatable bonds is 5. The van der Waals surface area contributed by atoms with Gasteiger partial charge in [0.1, 0.15) is 10.6 Å². The Labute approximate surface area is 176 Å². The molecule has 0 fully saturated rings. The second-order valence-electron chi connectivity index (χ2n) is 6.42. The Balaban J connectivity index is 1.69. The zero-order chi connectivity index (χ0) is 19.7. The maximum atomic E-state index is 12.8. The number of hydrogen-bond donors (Lipinski definition) is 1. The van der Waals surface area contributed by atoms with Crippen LogP contribution < -0.4 is 5.32 Å². The van der Waals surface area contributed by atoms with Crippen molar-refractivity contribution in [2.45, 2.75) is 26.2 Å². The quantitative estimate of drug-likeness (QED) is 0.500. The molecule has 0 spiro atoms.